The van der Waals surface area contributed by atoms with E-state index in [0.717, 1.165) is 14.7 Å². The molecule has 0 atom stereocenters. The molecule has 2 aromatic rings. The number of ether oxygens (including phenoxy) is 2. The van der Waals surface area contributed by atoms with Gasteiger partial charge in [-0.15, -0.1) is 0 Å². The van der Waals surface area contributed by atoms with Crippen LogP contribution in [0.4, 0.5) is 5.69 Å². The summed E-state index contributed by atoms with van der Waals surface area (Å²) >= 11 is 12.6. The fourth-order valence-electron chi connectivity index (χ4n) is 1.57. The topological polar surface area (TPSA) is 44.5 Å². The van der Waals surface area contributed by atoms with E-state index >= 15 is 0 Å². The lowest BCUT2D eigenvalue weighted by Gasteiger charge is -2.12. The minimum absolute atomic E-state index is 0.389. The van der Waals surface area contributed by atoms with Crippen LogP contribution in [0.15, 0.2) is 45.3 Å². The first-order chi connectivity index (χ1) is 9.56. The second-order valence-electron chi connectivity index (χ2n) is 3.96. The van der Waals surface area contributed by atoms with Crippen molar-refractivity contribution < 1.29 is 9.47 Å². The van der Waals surface area contributed by atoms with Crippen LogP contribution < -0.4 is 15.2 Å². The molecule has 2 aromatic carbocycles. The van der Waals surface area contributed by atoms with E-state index in [0.29, 0.717) is 29.7 Å². The van der Waals surface area contributed by atoms with E-state index in [1.54, 1.807) is 12.1 Å². The Hall–Kier alpha value is -0.910. The number of hydrogen-bond acceptors (Lipinski definition) is 3. The Morgan fingerprint density at radius 2 is 1.65 bits per heavy atom. The molecular weight excluding hydrogens is 409 g/mol. The Labute approximate surface area is 139 Å². The Bertz CT molecular complexity index is 567. The van der Waals surface area contributed by atoms with E-state index in [1.807, 2.05) is 24.3 Å². The van der Waals surface area contributed by atoms with Crippen LogP contribution in [0, 0.1) is 0 Å². The normalized spacial score (nSPS) is 10.3. The van der Waals surface area contributed by atoms with Gasteiger partial charge < -0.3 is 15.2 Å². The van der Waals surface area contributed by atoms with E-state index in [9.17, 15) is 0 Å². The van der Waals surface area contributed by atoms with Gasteiger partial charge in [0.1, 0.15) is 19.0 Å². The maximum absolute atomic E-state index is 5.88. The molecule has 0 unspecified atom stereocenters. The predicted molar refractivity (Wildman–Crippen MR) is 88.7 cm³/mol. The summed E-state index contributed by atoms with van der Waals surface area (Å²) < 4.78 is 12.9. The molecule has 106 valence electrons. The Morgan fingerprint density at radius 1 is 1.00 bits per heavy atom. The van der Waals surface area contributed by atoms with Gasteiger partial charge in [0.25, 0.3) is 0 Å². The number of halogens is 3. The molecule has 0 radical (unpaired) electrons. The number of anilines is 1. The summed E-state index contributed by atoms with van der Waals surface area (Å²) in [7, 11) is 0. The smallest absolute Gasteiger partial charge is 0.156 e. The standard InChI is InChI=1S/C14H12Br2ClNO2/c15-9-1-3-11(4-2-9)19-5-6-20-14-12(16)7-10(17)8-13(14)18/h1-4,7-8H,5-6,18H2. The number of nitrogen functional groups attached to an aromatic ring is 1. The van der Waals surface area contributed by atoms with Crippen LogP contribution in [-0.2, 0) is 0 Å². The first-order valence-corrected chi connectivity index (χ1v) is 7.78. The van der Waals surface area contributed by atoms with Crippen LogP contribution in [0.5, 0.6) is 11.5 Å². The number of nitrogens with two attached hydrogens (primary N) is 1. The van der Waals surface area contributed by atoms with Gasteiger partial charge in [0.05, 0.1) is 10.2 Å². The van der Waals surface area contributed by atoms with Gasteiger partial charge in [-0.3, -0.25) is 0 Å². The maximum atomic E-state index is 5.88. The average molecular weight is 422 g/mol. The molecule has 0 saturated carbocycles. The van der Waals surface area contributed by atoms with E-state index in [2.05, 4.69) is 31.9 Å². The second-order valence-corrected chi connectivity index (χ2v) is 6.16. The largest absolute Gasteiger partial charge is 0.490 e. The third kappa shape index (κ3) is 4.30. The van der Waals surface area contributed by atoms with Crippen LogP contribution in [0.25, 0.3) is 0 Å². The monoisotopic (exact) mass is 419 g/mol. The molecule has 0 aliphatic rings. The van der Waals surface area contributed by atoms with Crippen molar-refractivity contribution in [3.05, 3.63) is 50.4 Å². The fourth-order valence-corrected chi connectivity index (χ4v) is 2.78. The quantitative estimate of drug-likeness (QED) is 0.551. The molecule has 2 rings (SSSR count). The van der Waals surface area contributed by atoms with Gasteiger partial charge in [0.15, 0.2) is 5.75 Å². The highest BCUT2D eigenvalue weighted by Crippen LogP contribution is 2.34. The maximum Gasteiger partial charge on any atom is 0.156 e. The molecule has 0 saturated heterocycles. The van der Waals surface area contributed by atoms with Gasteiger partial charge in [0.2, 0.25) is 0 Å². The Kier molecular flexibility index (Phi) is 5.57. The van der Waals surface area contributed by atoms with Crippen LogP contribution in [0.1, 0.15) is 0 Å². The van der Waals surface area contributed by atoms with Crippen molar-refractivity contribution in [3.63, 3.8) is 0 Å². The van der Waals surface area contributed by atoms with Crippen LogP contribution >= 0.6 is 43.5 Å². The van der Waals surface area contributed by atoms with Crippen molar-refractivity contribution in [2.45, 2.75) is 0 Å². The van der Waals surface area contributed by atoms with Crippen molar-refractivity contribution in [2.24, 2.45) is 0 Å². The van der Waals surface area contributed by atoms with Crippen molar-refractivity contribution >= 4 is 49.1 Å². The highest BCUT2D eigenvalue weighted by molar-refractivity contribution is 9.10. The zero-order chi connectivity index (χ0) is 14.5. The minimum Gasteiger partial charge on any atom is -0.490 e. The van der Waals surface area contributed by atoms with Gasteiger partial charge in [-0.1, -0.05) is 27.5 Å². The predicted octanol–water partition coefficient (Wildman–Crippen LogP) is 4.91. The molecule has 0 aromatic heterocycles. The summed E-state index contributed by atoms with van der Waals surface area (Å²) in [5.41, 5.74) is 6.34. The molecule has 6 heteroatoms. The van der Waals surface area contributed by atoms with Crippen molar-refractivity contribution in [1.29, 1.82) is 0 Å². The fraction of sp³-hybridized carbons (Fsp3) is 0.143. The zero-order valence-corrected chi connectivity index (χ0v) is 14.3. The number of benzene rings is 2. The molecule has 0 fully saturated rings. The lowest BCUT2D eigenvalue weighted by Crippen LogP contribution is -2.10. The molecule has 0 bridgehead atoms. The third-order valence-corrected chi connectivity index (χ3v) is 3.79. The van der Waals surface area contributed by atoms with Crippen molar-refractivity contribution in [3.8, 4) is 11.5 Å². The van der Waals surface area contributed by atoms with Gasteiger partial charge in [-0.2, -0.15) is 0 Å². The first kappa shape index (κ1) is 15.5. The van der Waals surface area contributed by atoms with E-state index < -0.39 is 0 Å². The molecule has 20 heavy (non-hydrogen) atoms. The summed E-state index contributed by atoms with van der Waals surface area (Å²) in [5, 5.41) is 0.563. The number of hydrogen-bond donors (Lipinski definition) is 1. The molecule has 2 N–H and O–H groups in total. The average Bonchev–Trinajstić information content (AvgIpc) is 2.39. The lowest BCUT2D eigenvalue weighted by molar-refractivity contribution is 0.217. The molecular formula is C14H12Br2ClNO2. The zero-order valence-electron chi connectivity index (χ0n) is 10.4. The Morgan fingerprint density at radius 3 is 2.30 bits per heavy atom. The molecule has 0 heterocycles. The molecule has 0 aliphatic carbocycles. The summed E-state index contributed by atoms with van der Waals surface area (Å²) in [6.07, 6.45) is 0. The molecule has 3 nitrogen and oxygen atoms in total. The van der Waals surface area contributed by atoms with Gasteiger partial charge in [-0.05, 0) is 52.3 Å². The van der Waals surface area contributed by atoms with Crippen molar-refractivity contribution in [2.75, 3.05) is 18.9 Å². The van der Waals surface area contributed by atoms with Crippen molar-refractivity contribution in [1.82, 2.24) is 0 Å². The van der Waals surface area contributed by atoms with Crippen LogP contribution in [0.3, 0.4) is 0 Å². The second kappa shape index (κ2) is 7.20. The summed E-state index contributed by atoms with van der Waals surface area (Å²) in [6.45, 7) is 0.816. The minimum atomic E-state index is 0.389. The molecule has 0 spiro atoms. The summed E-state index contributed by atoms with van der Waals surface area (Å²) in [5.74, 6) is 1.37. The first-order valence-electron chi connectivity index (χ1n) is 5.82. The SMILES string of the molecule is Nc1cc(Cl)cc(Br)c1OCCOc1ccc(Br)cc1. The molecule has 0 amide bonds. The third-order valence-electron chi connectivity index (χ3n) is 2.45. The van der Waals surface area contributed by atoms with Gasteiger partial charge in [-0.25, -0.2) is 0 Å². The van der Waals surface area contributed by atoms with Crippen LogP contribution in [-0.4, -0.2) is 13.2 Å². The van der Waals surface area contributed by atoms with Gasteiger partial charge in [0, 0.05) is 9.50 Å². The number of rotatable bonds is 5. The summed E-state index contributed by atoms with van der Waals surface area (Å²) in [6, 6.07) is 11.0. The lowest BCUT2D eigenvalue weighted by atomic mass is 10.3. The highest BCUT2D eigenvalue weighted by Gasteiger charge is 2.07. The van der Waals surface area contributed by atoms with Gasteiger partial charge >= 0.3 is 0 Å². The molecule has 0 aliphatic heterocycles. The van der Waals surface area contributed by atoms with E-state index in [4.69, 9.17) is 26.8 Å². The van der Waals surface area contributed by atoms with Crippen LogP contribution in [0.2, 0.25) is 5.02 Å². The summed E-state index contributed by atoms with van der Waals surface area (Å²) in [4.78, 5) is 0. The van der Waals surface area contributed by atoms with E-state index in [1.165, 1.54) is 0 Å². The Balaban J connectivity index is 1.86. The highest BCUT2D eigenvalue weighted by atomic mass is 79.9. The van der Waals surface area contributed by atoms with E-state index in [-0.39, 0.29) is 0 Å².